The molecule has 0 amide bonds. The number of carbonyl (C=O) groups excluding carboxylic acids is 1. The lowest BCUT2D eigenvalue weighted by Crippen LogP contribution is -2.26. The van der Waals surface area contributed by atoms with Crippen LogP contribution in [0.25, 0.3) is 0 Å². The van der Waals surface area contributed by atoms with Crippen molar-refractivity contribution in [2.75, 3.05) is 6.61 Å². The number of benzene rings is 2. The molecule has 114 valence electrons. The molecule has 0 radical (unpaired) electrons. The van der Waals surface area contributed by atoms with E-state index in [1.807, 2.05) is 25.1 Å². The molecule has 0 heterocycles. The Morgan fingerprint density at radius 3 is 2.32 bits per heavy atom. The summed E-state index contributed by atoms with van der Waals surface area (Å²) in [6, 6.07) is 18.6. The zero-order valence-corrected chi connectivity index (χ0v) is 13.4. The second-order valence-corrected chi connectivity index (χ2v) is 6.13. The number of rotatable bonds is 4. The third-order valence-corrected chi connectivity index (χ3v) is 4.90. The van der Waals surface area contributed by atoms with Crippen LogP contribution >= 0.6 is 0 Å². The summed E-state index contributed by atoms with van der Waals surface area (Å²) in [4.78, 5) is 12.8. The predicted octanol–water partition coefficient (Wildman–Crippen LogP) is 4.23. The summed E-state index contributed by atoms with van der Waals surface area (Å²) < 4.78 is 5.44. The van der Waals surface area contributed by atoms with Crippen LogP contribution in [0.5, 0.6) is 0 Å². The molecule has 1 fully saturated rings. The monoisotopic (exact) mass is 294 g/mol. The minimum absolute atomic E-state index is 0.0970. The minimum atomic E-state index is -0.537. The van der Waals surface area contributed by atoms with Crippen LogP contribution in [0, 0.1) is 12.8 Å². The maximum Gasteiger partial charge on any atom is 0.317 e. The van der Waals surface area contributed by atoms with E-state index < -0.39 is 5.41 Å². The maximum absolute atomic E-state index is 12.8. The van der Waals surface area contributed by atoms with Gasteiger partial charge in [0.1, 0.15) is 5.41 Å². The van der Waals surface area contributed by atoms with Crippen LogP contribution < -0.4 is 0 Å². The Morgan fingerprint density at radius 2 is 1.73 bits per heavy atom. The largest absolute Gasteiger partial charge is 0.465 e. The lowest BCUT2D eigenvalue weighted by atomic mass is 9.89. The highest BCUT2D eigenvalue weighted by Crippen LogP contribution is 2.66. The lowest BCUT2D eigenvalue weighted by molar-refractivity contribution is -0.146. The average Bonchev–Trinajstić information content (AvgIpc) is 3.16. The van der Waals surface area contributed by atoms with Gasteiger partial charge >= 0.3 is 5.97 Å². The second kappa shape index (κ2) is 5.60. The number of carbonyl (C=O) groups is 1. The van der Waals surface area contributed by atoms with Crippen LogP contribution in [0.3, 0.4) is 0 Å². The van der Waals surface area contributed by atoms with Crippen LogP contribution in [0.4, 0.5) is 0 Å². The quantitative estimate of drug-likeness (QED) is 0.789. The zero-order chi connectivity index (χ0) is 15.7. The standard InChI is InChI=1S/C20H22O2/c1-4-22-19(21)20(17-12-10-14(2)11-13-17)15(3)18(20)16-8-6-5-7-9-16/h5-13,15,18H,4H2,1-3H3. The van der Waals surface area contributed by atoms with Crippen molar-refractivity contribution in [3.05, 3.63) is 71.3 Å². The Bertz CT molecular complexity index is 660. The van der Waals surface area contributed by atoms with Crippen LogP contribution in [-0.4, -0.2) is 12.6 Å². The molecule has 3 rings (SSSR count). The Labute approximate surface area is 132 Å². The third kappa shape index (κ3) is 2.14. The van der Waals surface area contributed by atoms with Crippen molar-refractivity contribution in [1.82, 2.24) is 0 Å². The Hall–Kier alpha value is -2.09. The van der Waals surface area contributed by atoms with Gasteiger partial charge in [-0.3, -0.25) is 4.79 Å². The van der Waals surface area contributed by atoms with Gasteiger partial charge in [0.15, 0.2) is 0 Å². The van der Waals surface area contributed by atoms with Gasteiger partial charge in [-0.25, -0.2) is 0 Å². The van der Waals surface area contributed by atoms with Gasteiger partial charge < -0.3 is 4.74 Å². The second-order valence-electron chi connectivity index (χ2n) is 6.13. The SMILES string of the molecule is CCOC(=O)C1(c2ccc(C)cc2)C(C)C1c1ccccc1. The molecule has 1 aliphatic carbocycles. The number of ether oxygens (including phenoxy) is 1. The van der Waals surface area contributed by atoms with E-state index in [0.717, 1.165) is 5.56 Å². The summed E-state index contributed by atoms with van der Waals surface area (Å²) in [5.74, 6) is 0.340. The minimum Gasteiger partial charge on any atom is -0.465 e. The van der Waals surface area contributed by atoms with Gasteiger partial charge in [0.25, 0.3) is 0 Å². The Kier molecular flexibility index (Phi) is 3.78. The smallest absolute Gasteiger partial charge is 0.317 e. The van der Waals surface area contributed by atoms with Crippen molar-refractivity contribution in [2.45, 2.75) is 32.1 Å². The fourth-order valence-electron chi connectivity index (χ4n) is 3.73. The summed E-state index contributed by atoms with van der Waals surface area (Å²) in [6.45, 7) is 6.49. The highest BCUT2D eigenvalue weighted by Gasteiger charge is 2.69. The fourth-order valence-corrected chi connectivity index (χ4v) is 3.73. The number of aryl methyl sites for hydroxylation is 1. The van der Waals surface area contributed by atoms with Gasteiger partial charge in [-0.2, -0.15) is 0 Å². The molecule has 0 bridgehead atoms. The molecular formula is C20H22O2. The molecule has 0 N–H and O–H groups in total. The first-order valence-electron chi connectivity index (χ1n) is 7.91. The molecule has 0 spiro atoms. The predicted molar refractivity (Wildman–Crippen MR) is 87.8 cm³/mol. The van der Waals surface area contributed by atoms with Gasteiger partial charge in [0.05, 0.1) is 6.61 Å². The summed E-state index contributed by atoms with van der Waals surface area (Å²) >= 11 is 0. The first kappa shape index (κ1) is 14.8. The Morgan fingerprint density at radius 1 is 1.09 bits per heavy atom. The van der Waals surface area contributed by atoms with Crippen LogP contribution in [0.15, 0.2) is 54.6 Å². The fraction of sp³-hybridized carbons (Fsp3) is 0.350. The van der Waals surface area contributed by atoms with Crippen LogP contribution in [0.2, 0.25) is 0 Å². The highest BCUT2D eigenvalue weighted by atomic mass is 16.5. The first-order chi connectivity index (χ1) is 10.6. The van der Waals surface area contributed by atoms with Crippen molar-refractivity contribution in [2.24, 2.45) is 5.92 Å². The molecule has 2 heteroatoms. The first-order valence-corrected chi connectivity index (χ1v) is 7.91. The van der Waals surface area contributed by atoms with Gasteiger partial charge in [-0.1, -0.05) is 67.1 Å². The molecule has 22 heavy (non-hydrogen) atoms. The molecule has 3 unspecified atom stereocenters. The molecule has 2 aromatic carbocycles. The van der Waals surface area contributed by atoms with Crippen molar-refractivity contribution in [3.63, 3.8) is 0 Å². The lowest BCUT2D eigenvalue weighted by Gasteiger charge is -2.17. The van der Waals surface area contributed by atoms with Gasteiger partial charge in [-0.15, -0.1) is 0 Å². The van der Waals surface area contributed by atoms with Crippen molar-refractivity contribution < 1.29 is 9.53 Å². The van der Waals surface area contributed by atoms with E-state index in [2.05, 4.69) is 50.2 Å². The highest BCUT2D eigenvalue weighted by molar-refractivity contribution is 5.90. The van der Waals surface area contributed by atoms with Crippen molar-refractivity contribution in [3.8, 4) is 0 Å². The molecule has 0 saturated heterocycles. The summed E-state index contributed by atoms with van der Waals surface area (Å²) in [5.41, 5.74) is 2.94. The molecule has 3 atom stereocenters. The zero-order valence-electron chi connectivity index (χ0n) is 13.4. The van der Waals surface area contributed by atoms with E-state index in [1.165, 1.54) is 11.1 Å². The van der Waals surface area contributed by atoms with E-state index in [-0.39, 0.29) is 17.8 Å². The Balaban J connectivity index is 2.06. The van der Waals surface area contributed by atoms with E-state index in [4.69, 9.17) is 4.74 Å². The maximum atomic E-state index is 12.8. The van der Waals surface area contributed by atoms with Crippen LogP contribution in [-0.2, 0) is 14.9 Å². The molecule has 0 aromatic heterocycles. The van der Waals surface area contributed by atoms with E-state index in [1.54, 1.807) is 0 Å². The molecule has 2 nitrogen and oxygen atoms in total. The van der Waals surface area contributed by atoms with E-state index in [9.17, 15) is 4.79 Å². The van der Waals surface area contributed by atoms with Crippen molar-refractivity contribution >= 4 is 5.97 Å². The normalized spacial score (nSPS) is 26.5. The molecular weight excluding hydrogens is 272 g/mol. The number of hydrogen-bond acceptors (Lipinski definition) is 2. The molecule has 1 aliphatic rings. The third-order valence-electron chi connectivity index (χ3n) is 4.90. The van der Waals surface area contributed by atoms with Gasteiger partial charge in [-0.05, 0) is 30.9 Å². The summed E-state index contributed by atoms with van der Waals surface area (Å²) in [6.07, 6.45) is 0. The summed E-state index contributed by atoms with van der Waals surface area (Å²) in [5, 5.41) is 0. The van der Waals surface area contributed by atoms with E-state index in [0.29, 0.717) is 6.61 Å². The van der Waals surface area contributed by atoms with Gasteiger partial charge in [0, 0.05) is 5.92 Å². The molecule has 1 saturated carbocycles. The molecule has 2 aromatic rings. The molecule has 0 aliphatic heterocycles. The van der Waals surface area contributed by atoms with Crippen molar-refractivity contribution in [1.29, 1.82) is 0 Å². The van der Waals surface area contributed by atoms with Gasteiger partial charge in [0.2, 0.25) is 0 Å². The van der Waals surface area contributed by atoms with E-state index >= 15 is 0 Å². The average molecular weight is 294 g/mol. The summed E-state index contributed by atoms with van der Waals surface area (Å²) in [7, 11) is 0. The number of esters is 1. The van der Waals surface area contributed by atoms with Crippen LogP contribution in [0.1, 0.15) is 36.5 Å². The number of hydrogen-bond donors (Lipinski definition) is 0. The topological polar surface area (TPSA) is 26.3 Å².